The molecule has 1 amide bonds. The van der Waals surface area contributed by atoms with E-state index < -0.39 is 11.4 Å². The van der Waals surface area contributed by atoms with E-state index in [1.807, 2.05) is 0 Å². The first-order valence-corrected chi connectivity index (χ1v) is 5.57. The zero-order valence-electron chi connectivity index (χ0n) is 9.68. The number of carbonyl (C=O) groups is 2. The van der Waals surface area contributed by atoms with Crippen LogP contribution < -0.4 is 0 Å². The van der Waals surface area contributed by atoms with Gasteiger partial charge >= 0.3 is 5.97 Å². The topological polar surface area (TPSA) is 70.8 Å². The van der Waals surface area contributed by atoms with Gasteiger partial charge in [-0.25, -0.2) is 0 Å². The van der Waals surface area contributed by atoms with Crippen molar-refractivity contribution in [1.82, 2.24) is 4.90 Å². The summed E-state index contributed by atoms with van der Waals surface area (Å²) in [7, 11) is 1.61. The molecule has 0 radical (unpaired) electrons. The molecule has 1 aliphatic carbocycles. The summed E-state index contributed by atoms with van der Waals surface area (Å²) in [5, 5.41) is 9.16. The van der Waals surface area contributed by atoms with E-state index in [0.717, 1.165) is 6.42 Å². The lowest BCUT2D eigenvalue weighted by Crippen LogP contribution is -2.51. The lowest BCUT2D eigenvalue weighted by Gasteiger charge is -2.38. The van der Waals surface area contributed by atoms with Crippen LogP contribution in [0.25, 0.3) is 0 Å². The van der Waals surface area contributed by atoms with Gasteiger partial charge in [0.05, 0.1) is 12.8 Å². The van der Waals surface area contributed by atoms with Crippen LogP contribution in [0, 0.1) is 5.41 Å². The maximum Gasteiger partial charge on any atom is 0.319 e. The monoisotopic (exact) mass is 237 g/mol. The maximum atomic E-state index is 12.1. The smallest absolute Gasteiger partial charge is 0.319 e. The second kappa shape index (κ2) is 4.24. The van der Waals surface area contributed by atoms with Gasteiger partial charge in [0.25, 0.3) is 0 Å². The number of rotatable bonds is 4. The maximum absolute atomic E-state index is 12.1. The van der Waals surface area contributed by atoms with Crippen LogP contribution in [0.15, 0.2) is 22.8 Å². The quantitative estimate of drug-likeness (QED) is 0.805. The van der Waals surface area contributed by atoms with Crippen molar-refractivity contribution >= 4 is 11.9 Å². The number of amides is 1. The van der Waals surface area contributed by atoms with Gasteiger partial charge in [-0.1, -0.05) is 6.42 Å². The summed E-state index contributed by atoms with van der Waals surface area (Å²) in [5.41, 5.74) is -1.19. The summed E-state index contributed by atoms with van der Waals surface area (Å²) in [4.78, 5) is 24.7. The van der Waals surface area contributed by atoms with Crippen LogP contribution in [-0.4, -0.2) is 28.9 Å². The predicted octanol–water partition coefficient (Wildman–Crippen LogP) is 1.49. The number of hydrogen-bond donors (Lipinski definition) is 1. The van der Waals surface area contributed by atoms with Crippen LogP contribution in [-0.2, 0) is 16.1 Å². The highest BCUT2D eigenvalue weighted by molar-refractivity contribution is 6.02. The Morgan fingerprint density at radius 3 is 2.65 bits per heavy atom. The molecule has 0 spiro atoms. The van der Waals surface area contributed by atoms with Crippen molar-refractivity contribution in [2.45, 2.75) is 25.8 Å². The van der Waals surface area contributed by atoms with Gasteiger partial charge in [-0.3, -0.25) is 9.59 Å². The van der Waals surface area contributed by atoms with E-state index >= 15 is 0 Å². The Morgan fingerprint density at radius 2 is 2.24 bits per heavy atom. The summed E-state index contributed by atoms with van der Waals surface area (Å²) in [6.45, 7) is 0.306. The Balaban J connectivity index is 2.06. The molecule has 0 aromatic carbocycles. The van der Waals surface area contributed by atoms with Gasteiger partial charge in [0.1, 0.15) is 11.2 Å². The third kappa shape index (κ3) is 1.92. The Kier molecular flexibility index (Phi) is 2.92. The molecule has 1 N–H and O–H groups in total. The van der Waals surface area contributed by atoms with Crippen molar-refractivity contribution in [3.8, 4) is 0 Å². The average molecular weight is 237 g/mol. The van der Waals surface area contributed by atoms with Gasteiger partial charge in [-0.05, 0) is 25.0 Å². The van der Waals surface area contributed by atoms with Crippen LogP contribution >= 0.6 is 0 Å². The zero-order valence-corrected chi connectivity index (χ0v) is 9.68. The number of hydrogen-bond acceptors (Lipinski definition) is 3. The number of carbonyl (C=O) groups excluding carboxylic acids is 1. The first-order chi connectivity index (χ1) is 8.06. The molecule has 5 heteroatoms. The SMILES string of the molecule is CN(Cc1ccco1)C(=O)C1(C(=O)O)CCC1. The van der Waals surface area contributed by atoms with Crippen molar-refractivity contribution in [3.63, 3.8) is 0 Å². The summed E-state index contributed by atoms with van der Waals surface area (Å²) < 4.78 is 5.14. The molecule has 0 unspecified atom stereocenters. The van der Waals surface area contributed by atoms with E-state index in [-0.39, 0.29) is 5.91 Å². The molecule has 17 heavy (non-hydrogen) atoms. The molecule has 1 saturated carbocycles. The first-order valence-electron chi connectivity index (χ1n) is 5.57. The van der Waals surface area contributed by atoms with Crippen LogP contribution in [0.4, 0.5) is 0 Å². The van der Waals surface area contributed by atoms with Gasteiger partial charge in [-0.15, -0.1) is 0 Å². The van der Waals surface area contributed by atoms with E-state index in [4.69, 9.17) is 9.52 Å². The number of nitrogens with zero attached hydrogens (tertiary/aromatic N) is 1. The Labute approximate surface area is 99.0 Å². The molecule has 1 aromatic heterocycles. The van der Waals surface area contributed by atoms with Gasteiger partial charge in [-0.2, -0.15) is 0 Å². The van der Waals surface area contributed by atoms with Crippen LogP contribution in [0.5, 0.6) is 0 Å². The zero-order chi connectivity index (χ0) is 12.5. The molecular formula is C12H15NO4. The largest absolute Gasteiger partial charge is 0.480 e. The summed E-state index contributed by atoms with van der Waals surface area (Å²) in [6, 6.07) is 3.50. The highest BCUT2D eigenvalue weighted by Crippen LogP contribution is 2.42. The molecule has 1 aliphatic rings. The van der Waals surface area contributed by atoms with E-state index in [1.54, 1.807) is 19.2 Å². The Hall–Kier alpha value is -1.78. The minimum Gasteiger partial charge on any atom is -0.480 e. The van der Waals surface area contributed by atoms with Crippen molar-refractivity contribution in [1.29, 1.82) is 0 Å². The lowest BCUT2D eigenvalue weighted by atomic mass is 9.68. The molecule has 2 rings (SSSR count). The van der Waals surface area contributed by atoms with Gasteiger partial charge in [0, 0.05) is 7.05 Å². The van der Waals surface area contributed by atoms with E-state index in [9.17, 15) is 9.59 Å². The normalized spacial score (nSPS) is 17.2. The minimum atomic E-state index is -1.19. The molecule has 1 aromatic rings. The highest BCUT2D eigenvalue weighted by atomic mass is 16.4. The standard InChI is InChI=1S/C12H15NO4/c1-13(8-9-4-2-7-17-9)10(14)12(11(15)16)5-3-6-12/h2,4,7H,3,5-6,8H2,1H3,(H,15,16). The fraction of sp³-hybridized carbons (Fsp3) is 0.500. The predicted molar refractivity (Wildman–Crippen MR) is 59.1 cm³/mol. The molecule has 0 atom stereocenters. The second-order valence-corrected chi connectivity index (χ2v) is 4.48. The van der Waals surface area contributed by atoms with Crippen LogP contribution in [0.1, 0.15) is 25.0 Å². The summed E-state index contributed by atoms with van der Waals surface area (Å²) in [5.74, 6) is -0.687. The van der Waals surface area contributed by atoms with Crippen molar-refractivity contribution in [3.05, 3.63) is 24.2 Å². The van der Waals surface area contributed by atoms with Crippen molar-refractivity contribution in [2.75, 3.05) is 7.05 Å². The van der Waals surface area contributed by atoms with Crippen molar-refractivity contribution < 1.29 is 19.1 Å². The fourth-order valence-electron chi connectivity index (χ4n) is 2.12. The number of aliphatic carboxylic acids is 1. The lowest BCUT2D eigenvalue weighted by molar-refractivity contribution is -0.167. The number of carboxylic acid groups (broad SMARTS) is 1. The van der Waals surface area contributed by atoms with Gasteiger partial charge in [0.15, 0.2) is 0 Å². The highest BCUT2D eigenvalue weighted by Gasteiger charge is 2.52. The summed E-state index contributed by atoms with van der Waals surface area (Å²) >= 11 is 0. The third-order valence-corrected chi connectivity index (χ3v) is 3.35. The second-order valence-electron chi connectivity index (χ2n) is 4.48. The van der Waals surface area contributed by atoms with Crippen molar-refractivity contribution in [2.24, 2.45) is 5.41 Å². The third-order valence-electron chi connectivity index (χ3n) is 3.35. The molecule has 1 heterocycles. The Bertz CT molecular complexity index is 420. The minimum absolute atomic E-state index is 0.306. The fourth-order valence-corrected chi connectivity index (χ4v) is 2.12. The Morgan fingerprint density at radius 1 is 1.53 bits per heavy atom. The number of carboxylic acids is 1. The van der Waals surface area contributed by atoms with Gasteiger partial charge in [0.2, 0.25) is 5.91 Å². The molecule has 0 saturated heterocycles. The van der Waals surface area contributed by atoms with E-state index in [1.165, 1.54) is 11.2 Å². The van der Waals surface area contributed by atoms with Crippen LogP contribution in [0.3, 0.4) is 0 Å². The van der Waals surface area contributed by atoms with Crippen LogP contribution in [0.2, 0.25) is 0 Å². The average Bonchev–Trinajstić information content (AvgIpc) is 2.67. The molecule has 0 bridgehead atoms. The van der Waals surface area contributed by atoms with E-state index in [0.29, 0.717) is 25.1 Å². The van der Waals surface area contributed by atoms with Gasteiger partial charge < -0.3 is 14.4 Å². The molecule has 0 aliphatic heterocycles. The number of furan rings is 1. The molecular weight excluding hydrogens is 222 g/mol. The first kappa shape index (κ1) is 11.7. The summed E-state index contributed by atoms with van der Waals surface area (Å²) in [6.07, 6.45) is 3.20. The molecule has 1 fully saturated rings. The molecule has 92 valence electrons. The van der Waals surface area contributed by atoms with E-state index in [2.05, 4.69) is 0 Å². The molecule has 5 nitrogen and oxygen atoms in total.